The molecule has 0 unspecified atom stereocenters. The Bertz CT molecular complexity index is 220. The highest BCUT2D eigenvalue weighted by molar-refractivity contribution is 7.11. The van der Waals surface area contributed by atoms with Gasteiger partial charge in [0.25, 0.3) is 0 Å². The smallest absolute Gasteiger partial charge is 0.0928 e. The molecule has 1 heterocycles. The zero-order valence-corrected chi connectivity index (χ0v) is 8.58. The SMILES string of the molecule is CCCc1ncc(CNCC)s1. The minimum Gasteiger partial charge on any atom is -0.312 e. The molecule has 0 aliphatic carbocycles. The van der Waals surface area contributed by atoms with Gasteiger partial charge >= 0.3 is 0 Å². The van der Waals surface area contributed by atoms with Crippen molar-refractivity contribution in [2.45, 2.75) is 33.2 Å². The van der Waals surface area contributed by atoms with Gasteiger partial charge in [-0.15, -0.1) is 11.3 Å². The highest BCUT2D eigenvalue weighted by Crippen LogP contribution is 2.13. The topological polar surface area (TPSA) is 24.9 Å². The summed E-state index contributed by atoms with van der Waals surface area (Å²) in [6.45, 7) is 6.30. The Labute approximate surface area is 78.0 Å². The fourth-order valence-electron chi connectivity index (χ4n) is 1.01. The molecule has 0 fully saturated rings. The Morgan fingerprint density at radius 2 is 2.33 bits per heavy atom. The fourth-order valence-corrected chi connectivity index (χ4v) is 2.00. The molecule has 1 aromatic rings. The third kappa shape index (κ3) is 2.91. The summed E-state index contributed by atoms with van der Waals surface area (Å²) in [5.41, 5.74) is 0. The molecule has 0 aliphatic heterocycles. The second kappa shape index (κ2) is 5.27. The average molecular weight is 184 g/mol. The summed E-state index contributed by atoms with van der Waals surface area (Å²) < 4.78 is 0. The maximum atomic E-state index is 4.34. The van der Waals surface area contributed by atoms with E-state index in [9.17, 15) is 0 Å². The van der Waals surface area contributed by atoms with Gasteiger partial charge in [0.1, 0.15) is 0 Å². The van der Waals surface area contributed by atoms with Gasteiger partial charge in [0.05, 0.1) is 5.01 Å². The standard InChI is InChI=1S/C9H16N2S/c1-3-5-9-11-7-8(12-9)6-10-4-2/h7,10H,3-6H2,1-2H3. The average Bonchev–Trinajstić information content (AvgIpc) is 2.50. The van der Waals surface area contributed by atoms with Gasteiger partial charge in [-0.05, 0) is 19.4 Å². The number of rotatable bonds is 5. The number of nitrogens with zero attached hydrogens (tertiary/aromatic N) is 1. The van der Waals surface area contributed by atoms with E-state index in [1.54, 1.807) is 0 Å². The molecule has 0 bridgehead atoms. The maximum absolute atomic E-state index is 4.34. The van der Waals surface area contributed by atoms with Gasteiger partial charge in [0.2, 0.25) is 0 Å². The molecule has 0 aliphatic rings. The first-order valence-electron chi connectivity index (χ1n) is 4.51. The molecule has 3 heteroatoms. The van der Waals surface area contributed by atoms with Crippen molar-refractivity contribution in [2.75, 3.05) is 6.54 Å². The molecule has 2 nitrogen and oxygen atoms in total. The van der Waals surface area contributed by atoms with Gasteiger partial charge in [0.15, 0.2) is 0 Å². The van der Waals surface area contributed by atoms with E-state index in [0.717, 1.165) is 19.5 Å². The first-order chi connectivity index (χ1) is 5.86. The van der Waals surface area contributed by atoms with E-state index < -0.39 is 0 Å². The molecule has 0 amide bonds. The lowest BCUT2D eigenvalue weighted by Gasteiger charge is -1.94. The zero-order valence-electron chi connectivity index (χ0n) is 7.76. The van der Waals surface area contributed by atoms with Crippen LogP contribution in [-0.2, 0) is 13.0 Å². The van der Waals surface area contributed by atoms with E-state index in [0.29, 0.717) is 0 Å². The molecule has 0 radical (unpaired) electrons. The van der Waals surface area contributed by atoms with Crippen LogP contribution in [0.15, 0.2) is 6.20 Å². The number of aromatic nitrogens is 1. The van der Waals surface area contributed by atoms with E-state index in [4.69, 9.17) is 0 Å². The lowest BCUT2D eigenvalue weighted by atomic mass is 10.4. The third-order valence-electron chi connectivity index (χ3n) is 1.61. The summed E-state index contributed by atoms with van der Waals surface area (Å²) in [4.78, 5) is 5.68. The van der Waals surface area contributed by atoms with Crippen LogP contribution in [0.1, 0.15) is 30.2 Å². The molecule has 1 N–H and O–H groups in total. The van der Waals surface area contributed by atoms with Crippen LogP contribution in [0.3, 0.4) is 0 Å². The zero-order chi connectivity index (χ0) is 8.81. The van der Waals surface area contributed by atoms with E-state index >= 15 is 0 Å². The van der Waals surface area contributed by atoms with Crippen LogP contribution >= 0.6 is 11.3 Å². The minimum absolute atomic E-state index is 0.970. The van der Waals surface area contributed by atoms with Gasteiger partial charge in [-0.3, -0.25) is 0 Å². The highest BCUT2D eigenvalue weighted by Gasteiger charge is 1.99. The highest BCUT2D eigenvalue weighted by atomic mass is 32.1. The van der Waals surface area contributed by atoms with Crippen molar-refractivity contribution in [3.8, 4) is 0 Å². The van der Waals surface area contributed by atoms with Crippen molar-refractivity contribution in [1.82, 2.24) is 10.3 Å². The number of thiazole rings is 1. The minimum atomic E-state index is 0.970. The summed E-state index contributed by atoms with van der Waals surface area (Å²) in [7, 11) is 0. The molecule has 0 atom stereocenters. The molecule has 0 spiro atoms. The summed E-state index contributed by atoms with van der Waals surface area (Å²) >= 11 is 1.82. The van der Waals surface area contributed by atoms with Crippen LogP contribution in [-0.4, -0.2) is 11.5 Å². The van der Waals surface area contributed by atoms with Gasteiger partial charge in [-0.2, -0.15) is 0 Å². The number of nitrogens with one attached hydrogen (secondary N) is 1. The molecule has 1 aromatic heterocycles. The van der Waals surface area contributed by atoms with Crippen molar-refractivity contribution in [3.05, 3.63) is 16.1 Å². The molecule has 12 heavy (non-hydrogen) atoms. The Kier molecular flexibility index (Phi) is 4.25. The predicted molar refractivity (Wildman–Crippen MR) is 53.5 cm³/mol. The summed E-state index contributed by atoms with van der Waals surface area (Å²) in [6.07, 6.45) is 4.29. The van der Waals surface area contributed by atoms with Crippen molar-refractivity contribution < 1.29 is 0 Å². The first-order valence-corrected chi connectivity index (χ1v) is 5.32. The monoisotopic (exact) mass is 184 g/mol. The van der Waals surface area contributed by atoms with Crippen LogP contribution in [0, 0.1) is 0 Å². The Morgan fingerprint density at radius 3 is 3.00 bits per heavy atom. The molecular weight excluding hydrogens is 168 g/mol. The molecule has 0 saturated heterocycles. The van der Waals surface area contributed by atoms with E-state index in [1.165, 1.54) is 16.3 Å². The Balaban J connectivity index is 2.41. The van der Waals surface area contributed by atoms with Gasteiger partial charge in [-0.1, -0.05) is 13.8 Å². The number of aryl methyl sites for hydroxylation is 1. The van der Waals surface area contributed by atoms with Crippen molar-refractivity contribution >= 4 is 11.3 Å². The van der Waals surface area contributed by atoms with E-state index in [1.807, 2.05) is 17.5 Å². The molecule has 0 aromatic carbocycles. The molecular formula is C9H16N2S. The van der Waals surface area contributed by atoms with Crippen LogP contribution in [0.2, 0.25) is 0 Å². The van der Waals surface area contributed by atoms with E-state index in [2.05, 4.69) is 24.1 Å². The predicted octanol–water partition coefficient (Wildman–Crippen LogP) is 2.21. The van der Waals surface area contributed by atoms with Gasteiger partial charge < -0.3 is 5.32 Å². The summed E-state index contributed by atoms with van der Waals surface area (Å²) in [6, 6.07) is 0. The van der Waals surface area contributed by atoms with Crippen molar-refractivity contribution in [2.24, 2.45) is 0 Å². The van der Waals surface area contributed by atoms with Crippen LogP contribution in [0.4, 0.5) is 0 Å². The second-order valence-electron chi connectivity index (χ2n) is 2.75. The van der Waals surface area contributed by atoms with Crippen molar-refractivity contribution in [1.29, 1.82) is 0 Å². The van der Waals surface area contributed by atoms with E-state index in [-0.39, 0.29) is 0 Å². The Morgan fingerprint density at radius 1 is 1.50 bits per heavy atom. The van der Waals surface area contributed by atoms with Crippen molar-refractivity contribution in [3.63, 3.8) is 0 Å². The third-order valence-corrected chi connectivity index (χ3v) is 2.67. The summed E-state index contributed by atoms with van der Waals surface area (Å²) in [5, 5.41) is 4.56. The van der Waals surface area contributed by atoms with Crippen LogP contribution < -0.4 is 5.32 Å². The normalized spacial score (nSPS) is 10.5. The quantitative estimate of drug-likeness (QED) is 0.759. The van der Waals surface area contributed by atoms with Crippen LogP contribution in [0.25, 0.3) is 0 Å². The lowest BCUT2D eigenvalue weighted by molar-refractivity contribution is 0.734. The molecule has 68 valence electrons. The fraction of sp³-hybridized carbons (Fsp3) is 0.667. The lowest BCUT2D eigenvalue weighted by Crippen LogP contribution is -2.10. The van der Waals surface area contributed by atoms with Crippen LogP contribution in [0.5, 0.6) is 0 Å². The van der Waals surface area contributed by atoms with Gasteiger partial charge in [-0.25, -0.2) is 4.98 Å². The summed E-state index contributed by atoms with van der Waals surface area (Å²) in [5.74, 6) is 0. The number of hydrogen-bond acceptors (Lipinski definition) is 3. The Hall–Kier alpha value is -0.410. The first kappa shape index (κ1) is 9.68. The molecule has 0 saturated carbocycles. The largest absolute Gasteiger partial charge is 0.312 e. The van der Waals surface area contributed by atoms with Gasteiger partial charge in [0, 0.05) is 17.6 Å². The molecule has 1 rings (SSSR count). The second-order valence-corrected chi connectivity index (χ2v) is 3.95. The number of hydrogen-bond donors (Lipinski definition) is 1. The maximum Gasteiger partial charge on any atom is 0.0928 e.